The van der Waals surface area contributed by atoms with E-state index in [4.69, 9.17) is 0 Å². The van der Waals surface area contributed by atoms with E-state index in [1.807, 2.05) is 6.92 Å². The van der Waals surface area contributed by atoms with Gasteiger partial charge in [-0.25, -0.2) is 9.97 Å². The zero-order chi connectivity index (χ0) is 17.2. The minimum absolute atomic E-state index is 0.246. The Morgan fingerprint density at radius 2 is 1.79 bits per heavy atom. The highest BCUT2D eigenvalue weighted by molar-refractivity contribution is 5.75. The molecular formula is C17H18F3N3O. The lowest BCUT2D eigenvalue weighted by atomic mass is 10.1. The van der Waals surface area contributed by atoms with Gasteiger partial charge in [0.05, 0.1) is 0 Å². The first-order chi connectivity index (χ1) is 11.4. The van der Waals surface area contributed by atoms with E-state index in [0.717, 1.165) is 29.8 Å². The molecule has 0 atom stereocenters. The van der Waals surface area contributed by atoms with Crippen LogP contribution in [0.5, 0.6) is 5.75 Å². The highest BCUT2D eigenvalue weighted by Crippen LogP contribution is 2.31. The van der Waals surface area contributed by atoms with Crippen LogP contribution >= 0.6 is 0 Å². The Morgan fingerprint density at radius 1 is 1.12 bits per heavy atom. The molecule has 0 unspecified atom stereocenters. The largest absolute Gasteiger partial charge is 0.573 e. The smallest absolute Gasteiger partial charge is 0.406 e. The number of hydrogen-bond acceptors (Lipinski definition) is 4. The van der Waals surface area contributed by atoms with Crippen LogP contribution in [0.3, 0.4) is 0 Å². The van der Waals surface area contributed by atoms with Crippen molar-refractivity contribution < 1.29 is 17.9 Å². The Balaban J connectivity index is 1.85. The third-order valence-electron chi connectivity index (χ3n) is 4.00. The molecule has 1 fully saturated rings. The average molecular weight is 337 g/mol. The summed E-state index contributed by atoms with van der Waals surface area (Å²) in [5.74, 6) is 1.12. The van der Waals surface area contributed by atoms with Crippen molar-refractivity contribution in [3.8, 4) is 16.9 Å². The predicted molar refractivity (Wildman–Crippen MR) is 84.8 cm³/mol. The van der Waals surface area contributed by atoms with Crippen LogP contribution < -0.4 is 10.1 Å². The number of benzene rings is 1. The minimum atomic E-state index is -4.69. The SMILES string of the molecule is Cc1ncc(-c2ccc(OC(F)(F)F)cc2)c(NC2CCCC2)n1. The van der Waals surface area contributed by atoms with Crippen LogP contribution in [-0.4, -0.2) is 22.4 Å². The van der Waals surface area contributed by atoms with Crippen LogP contribution in [0.4, 0.5) is 19.0 Å². The first kappa shape index (κ1) is 16.5. The van der Waals surface area contributed by atoms with Crippen LogP contribution in [0, 0.1) is 6.92 Å². The van der Waals surface area contributed by atoms with Gasteiger partial charge in [0, 0.05) is 17.8 Å². The fourth-order valence-corrected chi connectivity index (χ4v) is 2.89. The molecule has 1 aromatic heterocycles. The van der Waals surface area contributed by atoms with Crippen molar-refractivity contribution in [1.82, 2.24) is 9.97 Å². The highest BCUT2D eigenvalue weighted by Gasteiger charge is 2.31. The van der Waals surface area contributed by atoms with Gasteiger partial charge in [-0.2, -0.15) is 0 Å². The maximum Gasteiger partial charge on any atom is 0.573 e. The first-order valence-electron chi connectivity index (χ1n) is 7.87. The maximum atomic E-state index is 12.2. The minimum Gasteiger partial charge on any atom is -0.406 e. The molecular weight excluding hydrogens is 319 g/mol. The van der Waals surface area contributed by atoms with Crippen molar-refractivity contribution in [3.05, 3.63) is 36.3 Å². The van der Waals surface area contributed by atoms with E-state index in [2.05, 4.69) is 20.0 Å². The molecule has 1 heterocycles. The van der Waals surface area contributed by atoms with Gasteiger partial charge in [0.15, 0.2) is 0 Å². The van der Waals surface area contributed by atoms with Gasteiger partial charge >= 0.3 is 6.36 Å². The first-order valence-corrected chi connectivity index (χ1v) is 7.87. The Bertz CT molecular complexity index is 695. The van der Waals surface area contributed by atoms with Crippen molar-refractivity contribution in [2.24, 2.45) is 0 Å². The van der Waals surface area contributed by atoms with Gasteiger partial charge in [-0.3, -0.25) is 0 Å². The molecule has 0 bridgehead atoms. The number of hydrogen-bond donors (Lipinski definition) is 1. The normalized spacial score (nSPS) is 15.5. The number of rotatable bonds is 4. The van der Waals surface area contributed by atoms with Gasteiger partial charge in [0.2, 0.25) is 0 Å². The Morgan fingerprint density at radius 3 is 2.42 bits per heavy atom. The van der Waals surface area contributed by atoms with Crippen LogP contribution in [0.2, 0.25) is 0 Å². The molecule has 0 saturated heterocycles. The quantitative estimate of drug-likeness (QED) is 0.878. The monoisotopic (exact) mass is 337 g/mol. The van der Waals surface area contributed by atoms with Gasteiger partial charge in [-0.1, -0.05) is 25.0 Å². The molecule has 1 aromatic carbocycles. The van der Waals surface area contributed by atoms with E-state index in [9.17, 15) is 13.2 Å². The van der Waals surface area contributed by atoms with Gasteiger partial charge in [0.1, 0.15) is 17.4 Å². The third kappa shape index (κ3) is 4.15. The van der Waals surface area contributed by atoms with Crippen LogP contribution in [0.25, 0.3) is 11.1 Å². The summed E-state index contributed by atoms with van der Waals surface area (Å²) in [5.41, 5.74) is 1.51. The summed E-state index contributed by atoms with van der Waals surface area (Å²) >= 11 is 0. The predicted octanol–water partition coefficient (Wildman–Crippen LogP) is 4.71. The molecule has 1 aliphatic carbocycles. The van der Waals surface area contributed by atoms with Crippen molar-refractivity contribution in [2.45, 2.75) is 45.0 Å². The van der Waals surface area contributed by atoms with Gasteiger partial charge in [0.25, 0.3) is 0 Å². The Hall–Kier alpha value is -2.31. The number of aromatic nitrogens is 2. The number of halogens is 3. The highest BCUT2D eigenvalue weighted by atomic mass is 19.4. The van der Waals surface area contributed by atoms with Crippen molar-refractivity contribution in [2.75, 3.05) is 5.32 Å². The third-order valence-corrected chi connectivity index (χ3v) is 4.00. The summed E-state index contributed by atoms with van der Waals surface area (Å²) < 4.78 is 40.6. The second-order valence-corrected chi connectivity index (χ2v) is 5.88. The van der Waals surface area contributed by atoms with Crippen LogP contribution in [0.1, 0.15) is 31.5 Å². The van der Waals surface area contributed by atoms with Gasteiger partial charge in [-0.15, -0.1) is 13.2 Å². The molecule has 7 heteroatoms. The number of aryl methyl sites for hydroxylation is 1. The van der Waals surface area contributed by atoms with Crippen molar-refractivity contribution in [3.63, 3.8) is 0 Å². The molecule has 0 amide bonds. The number of anilines is 1. The number of ether oxygens (including phenoxy) is 1. The Kier molecular flexibility index (Phi) is 4.59. The van der Waals surface area contributed by atoms with Crippen LogP contribution in [-0.2, 0) is 0 Å². The second kappa shape index (κ2) is 6.67. The number of nitrogens with one attached hydrogen (secondary N) is 1. The summed E-state index contributed by atoms with van der Waals surface area (Å²) in [4.78, 5) is 8.67. The molecule has 3 rings (SSSR count). The second-order valence-electron chi connectivity index (χ2n) is 5.88. The molecule has 0 radical (unpaired) electrons. The fourth-order valence-electron chi connectivity index (χ4n) is 2.89. The molecule has 0 spiro atoms. The molecule has 4 nitrogen and oxygen atoms in total. The van der Waals surface area contributed by atoms with E-state index >= 15 is 0 Å². The zero-order valence-electron chi connectivity index (χ0n) is 13.2. The molecule has 24 heavy (non-hydrogen) atoms. The lowest BCUT2D eigenvalue weighted by molar-refractivity contribution is -0.274. The molecule has 1 N–H and O–H groups in total. The summed E-state index contributed by atoms with van der Waals surface area (Å²) in [7, 11) is 0. The average Bonchev–Trinajstić information content (AvgIpc) is 3.00. The number of nitrogens with zero attached hydrogens (tertiary/aromatic N) is 2. The lowest BCUT2D eigenvalue weighted by Gasteiger charge is -2.16. The van der Waals surface area contributed by atoms with Gasteiger partial charge in [-0.05, 0) is 37.5 Å². The van der Waals surface area contributed by atoms with E-state index in [1.54, 1.807) is 18.3 Å². The lowest BCUT2D eigenvalue weighted by Crippen LogP contribution is -2.17. The van der Waals surface area contributed by atoms with E-state index in [1.165, 1.54) is 25.0 Å². The number of alkyl halides is 3. The zero-order valence-corrected chi connectivity index (χ0v) is 13.2. The molecule has 1 saturated carbocycles. The molecule has 2 aromatic rings. The van der Waals surface area contributed by atoms with E-state index in [-0.39, 0.29) is 5.75 Å². The molecule has 1 aliphatic rings. The standard InChI is InChI=1S/C17H18F3N3O/c1-11-21-10-15(16(22-11)23-13-4-2-3-5-13)12-6-8-14(9-7-12)24-17(18,19)20/h6-10,13H,2-5H2,1H3,(H,21,22,23). The molecule has 128 valence electrons. The molecule has 0 aliphatic heterocycles. The summed E-state index contributed by atoms with van der Waals surface area (Å²) in [6.07, 6.45) is 1.59. The maximum absolute atomic E-state index is 12.2. The van der Waals surface area contributed by atoms with E-state index < -0.39 is 6.36 Å². The topological polar surface area (TPSA) is 47.0 Å². The fraction of sp³-hybridized carbons (Fsp3) is 0.412. The summed E-state index contributed by atoms with van der Waals surface area (Å²) in [6, 6.07) is 6.12. The Labute approximate surface area is 138 Å². The summed E-state index contributed by atoms with van der Waals surface area (Å²) in [6.45, 7) is 1.81. The van der Waals surface area contributed by atoms with Crippen LogP contribution in [0.15, 0.2) is 30.5 Å². The summed E-state index contributed by atoms with van der Waals surface area (Å²) in [5, 5.41) is 3.44. The van der Waals surface area contributed by atoms with Crippen molar-refractivity contribution in [1.29, 1.82) is 0 Å². The van der Waals surface area contributed by atoms with Crippen molar-refractivity contribution >= 4 is 5.82 Å². The van der Waals surface area contributed by atoms with E-state index in [0.29, 0.717) is 11.9 Å². The van der Waals surface area contributed by atoms with Gasteiger partial charge < -0.3 is 10.1 Å².